The van der Waals surface area contributed by atoms with Crippen molar-refractivity contribution < 1.29 is 21.9 Å². The van der Waals surface area contributed by atoms with E-state index in [2.05, 4.69) is 32.2 Å². The van der Waals surface area contributed by atoms with Crippen molar-refractivity contribution >= 4 is 27.2 Å². The molecule has 0 saturated carbocycles. The highest BCUT2D eigenvalue weighted by Gasteiger charge is 2.21. The van der Waals surface area contributed by atoms with Gasteiger partial charge in [0.1, 0.15) is 34.4 Å². The van der Waals surface area contributed by atoms with E-state index in [-0.39, 0.29) is 11.8 Å². The summed E-state index contributed by atoms with van der Waals surface area (Å²) in [5, 5.41) is 6.54. The second kappa shape index (κ2) is 12.0. The molecule has 1 aliphatic rings. The maximum absolute atomic E-state index is 14.0. The van der Waals surface area contributed by atoms with Crippen LogP contribution in [0.15, 0.2) is 84.0 Å². The lowest BCUT2D eigenvalue weighted by Gasteiger charge is -2.28. The second-order valence-electron chi connectivity index (χ2n) is 9.61. The summed E-state index contributed by atoms with van der Waals surface area (Å²) < 4.78 is 60.6. The third kappa shape index (κ3) is 6.72. The summed E-state index contributed by atoms with van der Waals surface area (Å²) >= 11 is 0. The van der Waals surface area contributed by atoms with Gasteiger partial charge in [0, 0.05) is 29.1 Å². The Balaban J connectivity index is 1.22. The molecule has 0 radical (unpaired) electrons. The first-order valence-corrected chi connectivity index (χ1v) is 14.4. The molecule has 208 valence electrons. The van der Waals surface area contributed by atoms with Gasteiger partial charge >= 0.3 is 0 Å². The normalized spacial score (nSPS) is 14.9. The van der Waals surface area contributed by atoms with Gasteiger partial charge in [0.25, 0.3) is 10.0 Å². The molecule has 1 aliphatic heterocycles. The molecule has 3 aromatic carbocycles. The molecule has 1 unspecified atom stereocenters. The van der Waals surface area contributed by atoms with E-state index in [1.165, 1.54) is 18.5 Å². The SMILES string of the molecule is CC(Oc1ccc(-c2cc(Nc3ccc(NS(=O)(=O)c4ccc(F)cc4F)cc3)ncn2)cc1)C1CCNCC1. The Morgan fingerprint density at radius 2 is 1.62 bits per heavy atom. The maximum atomic E-state index is 14.0. The molecular formula is C29H29F2N5O3S. The van der Waals surface area contributed by atoms with Crippen LogP contribution in [0.4, 0.5) is 26.0 Å². The Morgan fingerprint density at radius 3 is 2.33 bits per heavy atom. The number of benzene rings is 3. The van der Waals surface area contributed by atoms with E-state index in [9.17, 15) is 17.2 Å². The van der Waals surface area contributed by atoms with Crippen LogP contribution in [-0.4, -0.2) is 37.6 Å². The number of anilines is 3. The van der Waals surface area contributed by atoms with Crippen LogP contribution in [0, 0.1) is 17.6 Å². The molecule has 1 aromatic heterocycles. The highest BCUT2D eigenvalue weighted by Crippen LogP contribution is 2.27. The first kappa shape index (κ1) is 27.5. The summed E-state index contributed by atoms with van der Waals surface area (Å²) in [6.45, 7) is 4.19. The van der Waals surface area contributed by atoms with E-state index in [1.54, 1.807) is 18.2 Å². The molecular weight excluding hydrogens is 536 g/mol. The third-order valence-corrected chi connectivity index (χ3v) is 8.19. The van der Waals surface area contributed by atoms with Crippen molar-refractivity contribution in [2.45, 2.75) is 30.8 Å². The molecule has 4 aromatic rings. The Kier molecular flexibility index (Phi) is 8.22. The molecule has 11 heteroatoms. The van der Waals surface area contributed by atoms with E-state index in [1.807, 2.05) is 24.3 Å². The Hall–Kier alpha value is -4.09. The predicted octanol–water partition coefficient (Wildman–Crippen LogP) is 5.73. The van der Waals surface area contributed by atoms with Gasteiger partial charge in [-0.2, -0.15) is 0 Å². The zero-order valence-electron chi connectivity index (χ0n) is 21.8. The summed E-state index contributed by atoms with van der Waals surface area (Å²) in [4.78, 5) is 8.01. The topological polar surface area (TPSA) is 105 Å². The van der Waals surface area contributed by atoms with Crippen LogP contribution >= 0.6 is 0 Å². The minimum Gasteiger partial charge on any atom is -0.490 e. The number of aromatic nitrogens is 2. The number of hydrogen-bond donors (Lipinski definition) is 3. The Bertz CT molecular complexity index is 1560. The standard InChI is InChI=1S/C29H29F2N5O3S/c1-19(20-12-14-32-15-13-20)39-25-9-2-21(3-10-25)27-17-29(34-18-33-27)35-23-5-7-24(8-6-23)36-40(37,38)28-11-4-22(30)16-26(28)31/h2-11,16-20,32,36H,12-15H2,1H3,(H,33,34,35). The molecule has 3 N–H and O–H groups in total. The van der Waals surface area contributed by atoms with Gasteiger partial charge in [-0.15, -0.1) is 0 Å². The van der Waals surface area contributed by atoms with E-state index >= 15 is 0 Å². The molecule has 0 spiro atoms. The number of ether oxygens (including phenoxy) is 1. The van der Waals surface area contributed by atoms with Gasteiger partial charge in [-0.25, -0.2) is 27.2 Å². The third-order valence-electron chi connectivity index (χ3n) is 6.78. The predicted molar refractivity (Wildman–Crippen MR) is 150 cm³/mol. The number of rotatable bonds is 9. The fourth-order valence-electron chi connectivity index (χ4n) is 4.59. The van der Waals surface area contributed by atoms with Crippen LogP contribution in [0.5, 0.6) is 5.75 Å². The first-order chi connectivity index (χ1) is 19.3. The monoisotopic (exact) mass is 565 g/mol. The van der Waals surface area contributed by atoms with Crippen LogP contribution in [0.3, 0.4) is 0 Å². The van der Waals surface area contributed by atoms with Crippen LogP contribution in [0.1, 0.15) is 19.8 Å². The number of nitrogens with one attached hydrogen (secondary N) is 3. The quantitative estimate of drug-likeness (QED) is 0.238. The lowest BCUT2D eigenvalue weighted by Crippen LogP contribution is -2.35. The molecule has 0 bridgehead atoms. The summed E-state index contributed by atoms with van der Waals surface area (Å²) in [6.07, 6.45) is 3.84. The van der Waals surface area contributed by atoms with Crippen LogP contribution in [-0.2, 0) is 10.0 Å². The summed E-state index contributed by atoms with van der Waals surface area (Å²) in [5.41, 5.74) is 2.50. The van der Waals surface area contributed by atoms with Crippen molar-refractivity contribution in [2.75, 3.05) is 23.1 Å². The van der Waals surface area contributed by atoms with Crippen molar-refractivity contribution in [3.63, 3.8) is 0 Å². The van der Waals surface area contributed by atoms with Gasteiger partial charge in [-0.1, -0.05) is 0 Å². The minimum absolute atomic E-state index is 0.147. The van der Waals surface area contributed by atoms with E-state index in [4.69, 9.17) is 4.74 Å². The lowest BCUT2D eigenvalue weighted by atomic mass is 9.93. The second-order valence-corrected chi connectivity index (χ2v) is 11.3. The molecule has 2 heterocycles. The van der Waals surface area contributed by atoms with Gasteiger partial charge in [0.2, 0.25) is 0 Å². The average molecular weight is 566 g/mol. The van der Waals surface area contributed by atoms with Gasteiger partial charge in [0.05, 0.1) is 11.8 Å². The molecule has 8 nitrogen and oxygen atoms in total. The first-order valence-electron chi connectivity index (χ1n) is 12.9. The lowest BCUT2D eigenvalue weighted by molar-refractivity contribution is 0.128. The summed E-state index contributed by atoms with van der Waals surface area (Å²) in [6, 6.07) is 18.2. The molecule has 0 aliphatic carbocycles. The fourth-order valence-corrected chi connectivity index (χ4v) is 5.70. The highest BCUT2D eigenvalue weighted by molar-refractivity contribution is 7.92. The van der Waals surface area contributed by atoms with Crippen molar-refractivity contribution in [3.8, 4) is 17.0 Å². The molecule has 5 rings (SSSR count). The van der Waals surface area contributed by atoms with Crippen molar-refractivity contribution in [2.24, 2.45) is 5.92 Å². The van der Waals surface area contributed by atoms with Gasteiger partial charge in [-0.3, -0.25) is 4.72 Å². The van der Waals surface area contributed by atoms with Crippen LogP contribution < -0.4 is 20.1 Å². The average Bonchev–Trinajstić information content (AvgIpc) is 2.95. The molecule has 1 saturated heterocycles. The molecule has 1 atom stereocenters. The number of piperidine rings is 1. The van der Waals surface area contributed by atoms with Gasteiger partial charge in [-0.05, 0) is 99.4 Å². The van der Waals surface area contributed by atoms with Crippen LogP contribution in [0.25, 0.3) is 11.3 Å². The number of nitrogens with zero attached hydrogens (tertiary/aromatic N) is 2. The highest BCUT2D eigenvalue weighted by atomic mass is 32.2. The summed E-state index contributed by atoms with van der Waals surface area (Å²) in [5.74, 6) is -0.113. The largest absolute Gasteiger partial charge is 0.490 e. The van der Waals surface area contributed by atoms with Gasteiger partial charge < -0.3 is 15.4 Å². The van der Waals surface area contributed by atoms with Crippen molar-refractivity contribution in [3.05, 3.63) is 90.8 Å². The molecule has 1 fully saturated rings. The summed E-state index contributed by atoms with van der Waals surface area (Å²) in [7, 11) is -4.23. The van der Waals surface area contributed by atoms with E-state index in [0.29, 0.717) is 23.5 Å². The minimum atomic E-state index is -4.23. The van der Waals surface area contributed by atoms with E-state index < -0.39 is 26.6 Å². The maximum Gasteiger partial charge on any atom is 0.264 e. The smallest absolute Gasteiger partial charge is 0.264 e. The zero-order valence-corrected chi connectivity index (χ0v) is 22.6. The van der Waals surface area contributed by atoms with Crippen molar-refractivity contribution in [1.82, 2.24) is 15.3 Å². The number of hydrogen-bond acceptors (Lipinski definition) is 7. The molecule has 40 heavy (non-hydrogen) atoms. The van der Waals surface area contributed by atoms with Crippen LogP contribution in [0.2, 0.25) is 0 Å². The van der Waals surface area contributed by atoms with Gasteiger partial charge in [0.15, 0.2) is 0 Å². The van der Waals surface area contributed by atoms with E-state index in [0.717, 1.165) is 55.1 Å². The molecule has 0 amide bonds. The fraction of sp³-hybridized carbons (Fsp3) is 0.241. The zero-order chi connectivity index (χ0) is 28.1. The van der Waals surface area contributed by atoms with Crippen molar-refractivity contribution in [1.29, 1.82) is 0 Å². The Morgan fingerprint density at radius 1 is 0.925 bits per heavy atom. The number of halogens is 2. The number of sulfonamides is 1. The Labute approximate surface area is 231 Å².